The van der Waals surface area contributed by atoms with Crippen molar-refractivity contribution in [1.29, 1.82) is 0 Å². The number of ether oxygens (including phenoxy) is 1. The smallest absolute Gasteiger partial charge is 0.319 e. The Morgan fingerprint density at radius 2 is 2.05 bits per heavy atom. The van der Waals surface area contributed by atoms with Crippen molar-refractivity contribution < 1.29 is 18.3 Å². The van der Waals surface area contributed by atoms with Crippen molar-refractivity contribution in [3.8, 4) is 5.75 Å². The lowest BCUT2D eigenvalue weighted by Crippen LogP contribution is -2.27. The molecule has 0 aliphatic rings. The number of imidazole rings is 1. The lowest BCUT2D eigenvalue weighted by molar-refractivity contribution is 0.0612. The monoisotopic (exact) mass is 295 g/mol. The Balaban J connectivity index is 2.10. The molecule has 2 aromatic rings. The number of carbonyl (C=O) groups excluding carboxylic acids is 1. The summed E-state index contributed by atoms with van der Waals surface area (Å²) in [5, 5.41) is 0. The van der Waals surface area contributed by atoms with Crippen LogP contribution in [0.25, 0.3) is 0 Å². The summed E-state index contributed by atoms with van der Waals surface area (Å²) in [5.41, 5.74) is 0.452. The zero-order valence-corrected chi connectivity index (χ0v) is 11.7. The number of amides is 1. The lowest BCUT2D eigenvalue weighted by Gasteiger charge is -2.17. The van der Waals surface area contributed by atoms with Crippen LogP contribution < -0.4 is 4.74 Å². The Labute approximate surface area is 120 Å². The minimum Gasteiger partial charge on any atom is -0.497 e. The van der Waals surface area contributed by atoms with Crippen LogP contribution in [0.2, 0.25) is 0 Å². The molecular weight excluding hydrogens is 280 g/mol. The highest BCUT2D eigenvalue weighted by molar-refractivity contribution is 5.94. The van der Waals surface area contributed by atoms with Crippen molar-refractivity contribution in [2.24, 2.45) is 0 Å². The van der Waals surface area contributed by atoms with E-state index in [4.69, 9.17) is 4.74 Å². The first kappa shape index (κ1) is 15.0. The van der Waals surface area contributed by atoms with Crippen LogP contribution in [0, 0.1) is 0 Å². The number of methoxy groups -OCH3 is 1. The van der Waals surface area contributed by atoms with Crippen LogP contribution in [0.3, 0.4) is 0 Å². The second-order valence-corrected chi connectivity index (χ2v) is 4.42. The summed E-state index contributed by atoms with van der Waals surface area (Å²) in [6, 6.07) is 6.58. The van der Waals surface area contributed by atoms with E-state index >= 15 is 0 Å². The van der Waals surface area contributed by atoms with E-state index in [2.05, 4.69) is 4.98 Å². The van der Waals surface area contributed by atoms with Gasteiger partial charge in [0.25, 0.3) is 5.91 Å². The first-order valence-electron chi connectivity index (χ1n) is 6.22. The second-order valence-electron chi connectivity index (χ2n) is 4.42. The molecule has 0 aliphatic heterocycles. The summed E-state index contributed by atoms with van der Waals surface area (Å²) in [7, 11) is 3.07. The first-order chi connectivity index (χ1) is 10.0. The highest BCUT2D eigenvalue weighted by Crippen LogP contribution is 2.16. The fourth-order valence-electron chi connectivity index (χ4n) is 1.88. The minimum atomic E-state index is -2.67. The predicted molar refractivity (Wildman–Crippen MR) is 72.3 cm³/mol. The molecule has 1 aromatic heterocycles. The molecule has 1 aromatic carbocycles. The predicted octanol–water partition coefficient (Wildman–Crippen LogP) is 2.56. The molecule has 0 spiro atoms. The molecule has 0 unspecified atom stereocenters. The quantitative estimate of drug-likeness (QED) is 0.851. The third-order valence-corrected chi connectivity index (χ3v) is 3.02. The van der Waals surface area contributed by atoms with Gasteiger partial charge in [-0.25, -0.2) is 4.98 Å². The van der Waals surface area contributed by atoms with E-state index in [1.165, 1.54) is 31.5 Å². The van der Waals surface area contributed by atoms with Crippen molar-refractivity contribution in [3.63, 3.8) is 0 Å². The number of hydrogen-bond acceptors (Lipinski definition) is 3. The molecule has 112 valence electrons. The van der Waals surface area contributed by atoms with Crippen LogP contribution in [-0.4, -0.2) is 34.5 Å². The summed E-state index contributed by atoms with van der Waals surface area (Å²) >= 11 is 0. The molecule has 2 rings (SSSR count). The van der Waals surface area contributed by atoms with Gasteiger partial charge < -0.3 is 9.64 Å². The lowest BCUT2D eigenvalue weighted by atomic mass is 10.2. The number of benzene rings is 1. The molecule has 5 nitrogen and oxygen atoms in total. The molecular formula is C14H15F2N3O2. The molecule has 0 bridgehead atoms. The molecule has 0 aliphatic carbocycles. The van der Waals surface area contributed by atoms with Crippen molar-refractivity contribution in [3.05, 3.63) is 48.0 Å². The van der Waals surface area contributed by atoms with E-state index in [-0.39, 0.29) is 18.3 Å². The zero-order valence-electron chi connectivity index (χ0n) is 11.7. The maximum Gasteiger partial charge on any atom is 0.319 e. The molecule has 0 atom stereocenters. The maximum absolute atomic E-state index is 12.7. The van der Waals surface area contributed by atoms with Gasteiger partial charge in [0, 0.05) is 25.0 Å². The normalized spacial score (nSPS) is 10.7. The highest BCUT2D eigenvalue weighted by atomic mass is 19.3. The molecule has 0 fully saturated rings. The van der Waals surface area contributed by atoms with Crippen molar-refractivity contribution in [2.45, 2.75) is 13.1 Å². The van der Waals surface area contributed by atoms with E-state index in [1.54, 1.807) is 24.3 Å². The van der Waals surface area contributed by atoms with E-state index in [0.717, 1.165) is 4.57 Å². The van der Waals surface area contributed by atoms with Gasteiger partial charge in [0.2, 0.25) is 0 Å². The van der Waals surface area contributed by atoms with Gasteiger partial charge in [-0.2, -0.15) is 8.78 Å². The van der Waals surface area contributed by atoms with Gasteiger partial charge >= 0.3 is 6.55 Å². The molecule has 7 heteroatoms. The molecule has 1 heterocycles. The van der Waals surface area contributed by atoms with Crippen LogP contribution in [-0.2, 0) is 6.54 Å². The summed E-state index contributed by atoms with van der Waals surface area (Å²) in [5.74, 6) is 0.498. The molecule has 0 radical (unpaired) electrons. The molecule has 1 amide bonds. The Kier molecular flexibility index (Phi) is 4.52. The van der Waals surface area contributed by atoms with Gasteiger partial charge in [0.15, 0.2) is 0 Å². The van der Waals surface area contributed by atoms with E-state index in [9.17, 15) is 13.6 Å². The van der Waals surface area contributed by atoms with Gasteiger partial charge in [-0.3, -0.25) is 9.36 Å². The topological polar surface area (TPSA) is 47.4 Å². The fraction of sp³-hybridized carbons (Fsp3) is 0.286. The van der Waals surface area contributed by atoms with E-state index < -0.39 is 6.55 Å². The summed E-state index contributed by atoms with van der Waals surface area (Å²) in [6.07, 6.45) is 2.47. The molecule has 0 saturated heterocycles. The number of aromatic nitrogens is 2. The Morgan fingerprint density at radius 1 is 1.38 bits per heavy atom. The molecule has 0 N–H and O–H groups in total. The Bertz CT molecular complexity index is 611. The summed E-state index contributed by atoms with van der Waals surface area (Å²) in [6.45, 7) is -2.67. The number of nitrogens with zero attached hydrogens (tertiary/aromatic N) is 3. The van der Waals surface area contributed by atoms with E-state index in [0.29, 0.717) is 11.3 Å². The highest BCUT2D eigenvalue weighted by Gasteiger charge is 2.17. The van der Waals surface area contributed by atoms with Gasteiger partial charge in [0.05, 0.1) is 13.7 Å². The first-order valence-corrected chi connectivity index (χ1v) is 6.22. The summed E-state index contributed by atoms with van der Waals surface area (Å²) in [4.78, 5) is 17.4. The second kappa shape index (κ2) is 6.34. The Hall–Kier alpha value is -2.44. The van der Waals surface area contributed by atoms with Gasteiger partial charge in [0.1, 0.15) is 11.6 Å². The number of alkyl halides is 2. The third kappa shape index (κ3) is 3.36. The maximum atomic E-state index is 12.7. The van der Waals surface area contributed by atoms with Crippen LogP contribution in [0.1, 0.15) is 22.7 Å². The number of halogens is 2. The van der Waals surface area contributed by atoms with Crippen LogP contribution in [0.15, 0.2) is 36.7 Å². The fourth-order valence-corrected chi connectivity index (χ4v) is 1.88. The number of rotatable bonds is 5. The van der Waals surface area contributed by atoms with Crippen LogP contribution in [0.4, 0.5) is 8.78 Å². The van der Waals surface area contributed by atoms with Gasteiger partial charge in [-0.05, 0) is 24.3 Å². The number of carbonyl (C=O) groups is 1. The Morgan fingerprint density at radius 3 is 2.62 bits per heavy atom. The SMILES string of the molecule is COc1ccc(C(=O)N(C)Cc2nccn2C(F)F)cc1. The van der Waals surface area contributed by atoms with E-state index in [1.807, 2.05) is 0 Å². The standard InChI is InChI=1S/C14H15F2N3O2/c1-18(9-12-17-7-8-19(12)14(15)16)13(20)10-3-5-11(21-2)6-4-10/h3-8,14H,9H2,1-2H3. The average molecular weight is 295 g/mol. The zero-order chi connectivity index (χ0) is 15.4. The van der Waals surface area contributed by atoms with Crippen LogP contribution in [0.5, 0.6) is 5.75 Å². The largest absolute Gasteiger partial charge is 0.497 e. The van der Waals surface area contributed by atoms with Gasteiger partial charge in [-0.15, -0.1) is 0 Å². The molecule has 0 saturated carbocycles. The average Bonchev–Trinajstić information content (AvgIpc) is 2.95. The third-order valence-electron chi connectivity index (χ3n) is 3.02. The van der Waals surface area contributed by atoms with Crippen molar-refractivity contribution in [2.75, 3.05) is 14.2 Å². The van der Waals surface area contributed by atoms with Crippen molar-refractivity contribution in [1.82, 2.24) is 14.5 Å². The van der Waals surface area contributed by atoms with Gasteiger partial charge in [-0.1, -0.05) is 0 Å². The summed E-state index contributed by atoms with van der Waals surface area (Å²) < 4.78 is 31.2. The van der Waals surface area contributed by atoms with Crippen molar-refractivity contribution >= 4 is 5.91 Å². The number of hydrogen-bond donors (Lipinski definition) is 0. The minimum absolute atomic E-state index is 0.00219. The van der Waals surface area contributed by atoms with Crippen LogP contribution >= 0.6 is 0 Å². The molecule has 21 heavy (non-hydrogen) atoms.